The van der Waals surface area contributed by atoms with Gasteiger partial charge < -0.3 is 4.42 Å². The van der Waals surface area contributed by atoms with Crippen LogP contribution in [0.15, 0.2) is 247 Å². The summed E-state index contributed by atoms with van der Waals surface area (Å²) in [6.07, 6.45) is -0.471. The molecule has 3 heterocycles. The number of hydrogen-bond donors (Lipinski definition) is 0. The average Bonchev–Trinajstić information content (AvgIpc) is 4.01. The lowest BCUT2D eigenvalue weighted by molar-refractivity contribution is 0.600. The van der Waals surface area contributed by atoms with Gasteiger partial charge in [0.2, 0.25) is 0 Å². The highest BCUT2D eigenvalue weighted by Crippen LogP contribution is 2.54. The van der Waals surface area contributed by atoms with Crippen LogP contribution in [0.5, 0.6) is 0 Å². The molecule has 0 atom stereocenters. The second-order valence-corrected chi connectivity index (χ2v) is 17.4. The second-order valence-electron chi connectivity index (χ2n) is 17.4. The lowest BCUT2D eigenvalue weighted by atomic mass is 9.84. The molecule has 0 saturated carbocycles. The quantitative estimate of drug-likeness (QED) is 0.156. The third kappa shape index (κ3) is 6.21. The minimum absolute atomic E-state index is 0.0154. The van der Waals surface area contributed by atoms with Gasteiger partial charge in [-0.2, -0.15) is 0 Å². The summed E-state index contributed by atoms with van der Waals surface area (Å²) in [6, 6.07) is 67.4. The number of hydrogen-bond acceptors (Lipinski definition) is 3. The summed E-state index contributed by atoms with van der Waals surface area (Å²) >= 11 is 0. The lowest BCUT2D eigenvalue weighted by Gasteiger charge is -2.17. The molecule has 0 bridgehead atoms. The van der Waals surface area contributed by atoms with Gasteiger partial charge in [-0.3, -0.25) is 4.98 Å². The highest BCUT2D eigenvalue weighted by molar-refractivity contribution is 6.18. The van der Waals surface area contributed by atoms with E-state index in [1.54, 1.807) is 0 Å². The van der Waals surface area contributed by atoms with Gasteiger partial charge in [0, 0.05) is 44.8 Å². The fourth-order valence-corrected chi connectivity index (χ4v) is 10.5. The van der Waals surface area contributed by atoms with E-state index in [1.807, 2.05) is 36.4 Å². The van der Waals surface area contributed by atoms with E-state index >= 15 is 0 Å². The number of pyridine rings is 2. The molecule has 14 aromatic rings. The summed E-state index contributed by atoms with van der Waals surface area (Å²) in [4.78, 5) is 9.22. The standard InChI is InChI=1S/C66H40N2O/c1-4-22-46-41(15-1)18-11-29-56(46)61-62(66(59-31-13-20-43-17-3-6-24-48(43)59)69-65(61)58-30-12-19-42-16-2-5-23-47(42)58)57-38-36-54(50-26-8-10-28-52(50)57)53-35-37-55(51-27-9-7-25-49(51)53)60-39-34-45-33-32-44-21-14-40-67-63(44)64(45)68-60/h1-40H/i14D,21D,32D,33D,34D,39D,40D. The Kier molecular flexibility index (Phi) is 7.40. The second kappa shape index (κ2) is 15.7. The van der Waals surface area contributed by atoms with Gasteiger partial charge in [0.25, 0.3) is 0 Å². The number of benzene rings is 11. The maximum absolute atomic E-state index is 9.33. The van der Waals surface area contributed by atoms with Gasteiger partial charge in [-0.05, 0) is 88.2 Å². The third-order valence-corrected chi connectivity index (χ3v) is 13.6. The minimum Gasteiger partial charge on any atom is -0.455 e. The average molecular weight is 884 g/mol. The molecule has 0 aliphatic heterocycles. The zero-order valence-electron chi connectivity index (χ0n) is 43.9. The fraction of sp³-hybridized carbons (Fsp3) is 0. The van der Waals surface area contributed by atoms with Gasteiger partial charge in [0.1, 0.15) is 11.5 Å². The van der Waals surface area contributed by atoms with E-state index in [1.165, 1.54) is 0 Å². The van der Waals surface area contributed by atoms with E-state index in [4.69, 9.17) is 16.3 Å². The molecule has 0 saturated heterocycles. The largest absolute Gasteiger partial charge is 0.455 e. The smallest absolute Gasteiger partial charge is 0.143 e. The van der Waals surface area contributed by atoms with Gasteiger partial charge >= 0.3 is 0 Å². The molecule has 69 heavy (non-hydrogen) atoms. The Hall–Kier alpha value is -9.18. The van der Waals surface area contributed by atoms with Gasteiger partial charge in [0.05, 0.1) is 26.3 Å². The minimum atomic E-state index is -0.471. The van der Waals surface area contributed by atoms with E-state index in [9.17, 15) is 2.74 Å². The van der Waals surface area contributed by atoms with Gasteiger partial charge in [-0.1, -0.05) is 224 Å². The van der Waals surface area contributed by atoms with E-state index in [2.05, 4.69) is 169 Å². The van der Waals surface area contributed by atoms with Crippen LogP contribution in [-0.2, 0) is 0 Å². The van der Waals surface area contributed by atoms with Crippen molar-refractivity contribution in [3.05, 3.63) is 243 Å². The molecule has 11 aromatic carbocycles. The number of fused-ring (bicyclic) bond motifs is 8. The molecule has 14 rings (SSSR count). The zero-order chi connectivity index (χ0) is 51.5. The Labute approximate surface area is 408 Å². The van der Waals surface area contributed by atoms with Crippen LogP contribution in [0.25, 0.3) is 143 Å². The van der Waals surface area contributed by atoms with Gasteiger partial charge in [0.15, 0.2) is 0 Å². The van der Waals surface area contributed by atoms with Crippen molar-refractivity contribution in [1.29, 1.82) is 0 Å². The van der Waals surface area contributed by atoms with Crippen molar-refractivity contribution in [2.75, 3.05) is 0 Å². The number of furan rings is 1. The number of rotatable bonds is 6. The van der Waals surface area contributed by atoms with Crippen LogP contribution in [0.4, 0.5) is 0 Å². The van der Waals surface area contributed by atoms with Crippen LogP contribution < -0.4 is 0 Å². The van der Waals surface area contributed by atoms with E-state index < -0.39 is 24.3 Å². The maximum Gasteiger partial charge on any atom is 0.143 e. The van der Waals surface area contributed by atoms with Crippen molar-refractivity contribution in [2.24, 2.45) is 0 Å². The third-order valence-electron chi connectivity index (χ3n) is 13.6. The van der Waals surface area contributed by atoms with E-state index in [0.717, 1.165) is 110 Å². The Morgan fingerprint density at radius 2 is 0.696 bits per heavy atom. The molecule has 0 spiro atoms. The van der Waals surface area contributed by atoms with Crippen molar-refractivity contribution in [2.45, 2.75) is 0 Å². The predicted molar refractivity (Wildman–Crippen MR) is 289 cm³/mol. The van der Waals surface area contributed by atoms with E-state index in [0.29, 0.717) is 5.56 Å². The first-order valence-corrected chi connectivity index (χ1v) is 23.0. The topological polar surface area (TPSA) is 38.9 Å². The molecule has 0 aliphatic rings. The molecule has 320 valence electrons. The highest BCUT2D eigenvalue weighted by atomic mass is 16.3. The molecule has 0 amide bonds. The molecule has 0 aliphatic carbocycles. The van der Waals surface area contributed by atoms with E-state index in [-0.39, 0.29) is 45.6 Å². The molecule has 0 N–H and O–H groups in total. The van der Waals surface area contributed by atoms with Crippen LogP contribution in [0.3, 0.4) is 0 Å². The SMILES string of the molecule is [2H]c1nc2c(c([2H])c1[2H])c([2H])c([2H])c1c([2H])c([2H])c(-c3ccc(-c4ccc(-c5c(-c6cccc7ccccc67)oc(-c6cccc7ccccc67)c5-c5cccc6ccccc56)c5ccccc45)c4ccccc34)nc12. The van der Waals surface area contributed by atoms with Crippen molar-refractivity contribution in [1.82, 2.24) is 9.97 Å². The summed E-state index contributed by atoms with van der Waals surface area (Å²) in [6.45, 7) is 0. The summed E-state index contributed by atoms with van der Waals surface area (Å²) in [5, 5.41) is 10.1. The normalized spacial score (nSPS) is 13.2. The Morgan fingerprint density at radius 3 is 1.26 bits per heavy atom. The molecular weight excluding hydrogens is 837 g/mol. The van der Waals surface area contributed by atoms with Crippen molar-refractivity contribution < 1.29 is 14.0 Å². The number of aromatic nitrogens is 2. The zero-order valence-corrected chi connectivity index (χ0v) is 36.9. The highest BCUT2D eigenvalue weighted by Gasteiger charge is 2.29. The number of nitrogens with zero attached hydrogens (tertiary/aromatic N) is 2. The fourth-order valence-electron chi connectivity index (χ4n) is 10.5. The van der Waals surface area contributed by atoms with Gasteiger partial charge in [-0.25, -0.2) is 4.98 Å². The first-order valence-electron chi connectivity index (χ1n) is 26.5. The van der Waals surface area contributed by atoms with Crippen molar-refractivity contribution in [3.63, 3.8) is 0 Å². The summed E-state index contributed by atoms with van der Waals surface area (Å²) in [5.74, 6) is 1.53. The molecule has 0 fully saturated rings. The first-order chi connectivity index (χ1) is 37.2. The van der Waals surface area contributed by atoms with Gasteiger partial charge in [-0.15, -0.1) is 0 Å². The Bertz CT molecular complexity index is 4800. The Morgan fingerprint density at radius 1 is 0.304 bits per heavy atom. The van der Waals surface area contributed by atoms with Crippen LogP contribution in [0, 0.1) is 0 Å². The predicted octanol–water partition coefficient (Wildman–Crippen LogP) is 18.1. The van der Waals surface area contributed by atoms with Crippen LogP contribution in [0.1, 0.15) is 9.60 Å². The first kappa shape index (κ1) is 32.5. The lowest BCUT2D eigenvalue weighted by Crippen LogP contribution is -1.93. The molecule has 0 unspecified atom stereocenters. The molecule has 3 heteroatoms. The van der Waals surface area contributed by atoms with Crippen molar-refractivity contribution >= 4 is 75.7 Å². The summed E-state index contributed by atoms with van der Waals surface area (Å²) in [7, 11) is 0. The van der Waals surface area contributed by atoms with Crippen molar-refractivity contribution in [3.8, 4) is 67.3 Å². The summed E-state index contributed by atoms with van der Waals surface area (Å²) < 4.78 is 69.0. The molecule has 3 aromatic heterocycles. The van der Waals surface area contributed by atoms with Crippen LogP contribution >= 0.6 is 0 Å². The summed E-state index contributed by atoms with van der Waals surface area (Å²) in [5.41, 5.74) is 8.66. The Balaban J connectivity index is 1.04. The maximum atomic E-state index is 9.33. The molecular formula is C66H40N2O. The van der Waals surface area contributed by atoms with Crippen LogP contribution in [0.2, 0.25) is 0 Å². The molecule has 0 radical (unpaired) electrons. The van der Waals surface area contributed by atoms with Crippen LogP contribution in [-0.4, -0.2) is 9.97 Å². The monoisotopic (exact) mass is 883 g/mol. The molecule has 3 nitrogen and oxygen atoms in total.